The van der Waals surface area contributed by atoms with Crippen LogP contribution >= 0.6 is 0 Å². The van der Waals surface area contributed by atoms with Crippen LogP contribution in [-0.4, -0.2) is 29.6 Å². The Labute approximate surface area is 89.3 Å². The van der Waals surface area contributed by atoms with E-state index in [0.29, 0.717) is 11.6 Å². The highest BCUT2D eigenvalue weighted by Crippen LogP contribution is 2.30. The molecule has 80 valence electrons. The molecule has 0 aliphatic carbocycles. The second-order valence-corrected chi connectivity index (χ2v) is 4.07. The number of carboxylic acids is 1. The number of carboxylic acid groups (broad SMARTS) is 1. The Morgan fingerprint density at radius 3 is 2.53 bits per heavy atom. The zero-order chi connectivity index (χ0) is 10.8. The molecule has 3 heteroatoms. The molecule has 0 spiro atoms. The number of hydrogen-bond acceptors (Lipinski definition) is 2. The van der Waals surface area contributed by atoms with E-state index < -0.39 is 5.97 Å². The van der Waals surface area contributed by atoms with E-state index in [1.54, 1.807) is 12.1 Å². The number of nitrogens with zero attached hydrogens (tertiary/aromatic N) is 1. The van der Waals surface area contributed by atoms with Gasteiger partial charge in [0, 0.05) is 6.04 Å². The molecule has 2 rings (SSSR count). The molecule has 1 N–H and O–H groups in total. The first-order chi connectivity index (χ1) is 7.18. The number of carbonyl (C=O) groups is 1. The van der Waals surface area contributed by atoms with Gasteiger partial charge in [0.25, 0.3) is 0 Å². The summed E-state index contributed by atoms with van der Waals surface area (Å²) in [7, 11) is 2.11. The number of likely N-dealkylation sites (tertiary alicyclic amines) is 1. The fourth-order valence-electron chi connectivity index (χ4n) is 2.18. The third-order valence-corrected chi connectivity index (χ3v) is 3.06. The maximum absolute atomic E-state index is 10.7. The minimum atomic E-state index is -0.860. The average Bonchev–Trinajstić information content (AvgIpc) is 2.65. The van der Waals surface area contributed by atoms with Crippen molar-refractivity contribution in [2.24, 2.45) is 0 Å². The molecule has 1 saturated heterocycles. The zero-order valence-corrected chi connectivity index (χ0v) is 8.81. The largest absolute Gasteiger partial charge is 0.478 e. The molecule has 3 nitrogen and oxygen atoms in total. The van der Waals surface area contributed by atoms with Gasteiger partial charge in [0.1, 0.15) is 0 Å². The molecular formula is C12H15NO2. The summed E-state index contributed by atoms with van der Waals surface area (Å²) in [5, 5.41) is 8.78. The minimum Gasteiger partial charge on any atom is -0.478 e. The Hall–Kier alpha value is -1.35. The van der Waals surface area contributed by atoms with Gasteiger partial charge in [-0.2, -0.15) is 0 Å². The first-order valence-corrected chi connectivity index (χ1v) is 5.22. The molecule has 1 aliphatic heterocycles. The van der Waals surface area contributed by atoms with Crippen molar-refractivity contribution in [2.75, 3.05) is 13.6 Å². The Balaban J connectivity index is 2.19. The van der Waals surface area contributed by atoms with Gasteiger partial charge in [-0.3, -0.25) is 4.90 Å². The van der Waals surface area contributed by atoms with Gasteiger partial charge in [0.15, 0.2) is 0 Å². The maximum atomic E-state index is 10.7. The third-order valence-electron chi connectivity index (χ3n) is 3.06. The lowest BCUT2D eigenvalue weighted by molar-refractivity contribution is 0.0697. The van der Waals surface area contributed by atoms with Crippen molar-refractivity contribution >= 4 is 5.97 Å². The Kier molecular flexibility index (Phi) is 2.73. The fraction of sp³-hybridized carbons (Fsp3) is 0.417. The Morgan fingerprint density at radius 2 is 2.07 bits per heavy atom. The van der Waals surface area contributed by atoms with Crippen LogP contribution in [0.2, 0.25) is 0 Å². The van der Waals surface area contributed by atoms with E-state index in [-0.39, 0.29) is 0 Å². The van der Waals surface area contributed by atoms with Gasteiger partial charge in [-0.15, -0.1) is 0 Å². The van der Waals surface area contributed by atoms with E-state index in [2.05, 4.69) is 11.9 Å². The van der Waals surface area contributed by atoms with Gasteiger partial charge in [-0.25, -0.2) is 4.79 Å². The summed E-state index contributed by atoms with van der Waals surface area (Å²) in [6, 6.07) is 7.69. The third kappa shape index (κ3) is 2.02. The van der Waals surface area contributed by atoms with Gasteiger partial charge < -0.3 is 5.11 Å². The lowest BCUT2D eigenvalue weighted by Crippen LogP contribution is -2.17. The van der Waals surface area contributed by atoms with Crippen LogP contribution in [0.4, 0.5) is 0 Å². The van der Waals surface area contributed by atoms with Crippen LogP contribution < -0.4 is 0 Å². The molecule has 1 aliphatic rings. The van der Waals surface area contributed by atoms with Crippen molar-refractivity contribution in [1.29, 1.82) is 0 Å². The van der Waals surface area contributed by atoms with Crippen molar-refractivity contribution in [3.63, 3.8) is 0 Å². The van der Waals surface area contributed by atoms with E-state index in [1.807, 2.05) is 12.1 Å². The molecule has 1 atom stereocenters. The van der Waals surface area contributed by atoms with E-state index in [0.717, 1.165) is 6.54 Å². The summed E-state index contributed by atoms with van der Waals surface area (Å²) in [6.07, 6.45) is 2.39. The molecular weight excluding hydrogens is 190 g/mol. The van der Waals surface area contributed by atoms with Crippen LogP contribution in [0.3, 0.4) is 0 Å². The van der Waals surface area contributed by atoms with Gasteiger partial charge >= 0.3 is 5.97 Å². The van der Waals surface area contributed by atoms with E-state index in [4.69, 9.17) is 5.11 Å². The SMILES string of the molecule is CN1CCCC1c1ccc(C(=O)O)cc1. The molecule has 1 unspecified atom stereocenters. The molecule has 1 aromatic rings. The summed E-state index contributed by atoms with van der Waals surface area (Å²) in [5.74, 6) is -0.860. The molecule has 15 heavy (non-hydrogen) atoms. The van der Waals surface area contributed by atoms with Gasteiger partial charge in [0.05, 0.1) is 5.56 Å². The molecule has 0 radical (unpaired) electrons. The molecule has 1 fully saturated rings. The predicted molar refractivity (Wildman–Crippen MR) is 58.0 cm³/mol. The van der Waals surface area contributed by atoms with Crippen LogP contribution in [0.15, 0.2) is 24.3 Å². The van der Waals surface area contributed by atoms with Crippen LogP contribution in [0.25, 0.3) is 0 Å². The first-order valence-electron chi connectivity index (χ1n) is 5.22. The Bertz CT molecular complexity index is 358. The summed E-state index contributed by atoms with van der Waals surface area (Å²) in [4.78, 5) is 13.0. The molecule has 1 aromatic carbocycles. The van der Waals surface area contributed by atoms with Crippen molar-refractivity contribution in [3.05, 3.63) is 35.4 Å². The van der Waals surface area contributed by atoms with Crippen LogP contribution in [-0.2, 0) is 0 Å². The van der Waals surface area contributed by atoms with E-state index in [1.165, 1.54) is 18.4 Å². The normalized spacial score (nSPS) is 21.8. The van der Waals surface area contributed by atoms with Gasteiger partial charge in [0.2, 0.25) is 0 Å². The molecule has 1 heterocycles. The number of benzene rings is 1. The number of aromatic carboxylic acids is 1. The van der Waals surface area contributed by atoms with Crippen molar-refractivity contribution < 1.29 is 9.90 Å². The lowest BCUT2D eigenvalue weighted by atomic mass is 10.0. The van der Waals surface area contributed by atoms with E-state index in [9.17, 15) is 4.79 Å². The lowest BCUT2D eigenvalue weighted by Gasteiger charge is -2.19. The topological polar surface area (TPSA) is 40.5 Å². The summed E-state index contributed by atoms with van der Waals surface area (Å²) in [6.45, 7) is 1.13. The Morgan fingerprint density at radius 1 is 1.40 bits per heavy atom. The second-order valence-electron chi connectivity index (χ2n) is 4.07. The monoisotopic (exact) mass is 205 g/mol. The second kappa shape index (κ2) is 4.03. The van der Waals surface area contributed by atoms with Gasteiger partial charge in [-0.1, -0.05) is 12.1 Å². The molecule has 0 amide bonds. The fourth-order valence-corrected chi connectivity index (χ4v) is 2.18. The number of rotatable bonds is 2. The summed E-state index contributed by atoms with van der Waals surface area (Å²) < 4.78 is 0. The summed E-state index contributed by atoms with van der Waals surface area (Å²) >= 11 is 0. The predicted octanol–water partition coefficient (Wildman–Crippen LogP) is 2.15. The molecule has 0 saturated carbocycles. The maximum Gasteiger partial charge on any atom is 0.335 e. The van der Waals surface area contributed by atoms with Crippen molar-refractivity contribution in [2.45, 2.75) is 18.9 Å². The first kappa shape index (κ1) is 10.2. The average molecular weight is 205 g/mol. The highest BCUT2D eigenvalue weighted by Gasteiger charge is 2.22. The minimum absolute atomic E-state index is 0.361. The zero-order valence-electron chi connectivity index (χ0n) is 8.81. The van der Waals surface area contributed by atoms with Gasteiger partial charge in [-0.05, 0) is 44.1 Å². The molecule has 0 bridgehead atoms. The number of hydrogen-bond donors (Lipinski definition) is 1. The standard InChI is InChI=1S/C12H15NO2/c1-13-8-2-3-11(13)9-4-6-10(7-5-9)12(14)15/h4-7,11H,2-3,8H2,1H3,(H,14,15). The van der Waals surface area contributed by atoms with Crippen molar-refractivity contribution in [1.82, 2.24) is 4.90 Å². The van der Waals surface area contributed by atoms with Crippen LogP contribution in [0.1, 0.15) is 34.8 Å². The van der Waals surface area contributed by atoms with Crippen molar-refractivity contribution in [3.8, 4) is 0 Å². The smallest absolute Gasteiger partial charge is 0.335 e. The highest BCUT2D eigenvalue weighted by molar-refractivity contribution is 5.87. The summed E-state index contributed by atoms with van der Waals surface area (Å²) in [5.41, 5.74) is 1.58. The van der Waals surface area contributed by atoms with E-state index >= 15 is 0 Å². The van der Waals surface area contributed by atoms with Crippen LogP contribution in [0, 0.1) is 0 Å². The van der Waals surface area contributed by atoms with Crippen LogP contribution in [0.5, 0.6) is 0 Å². The molecule has 0 aromatic heterocycles. The highest BCUT2D eigenvalue weighted by atomic mass is 16.4. The quantitative estimate of drug-likeness (QED) is 0.804.